The molecular formula is C12H17FN2. The Labute approximate surface area is 89.9 Å². The highest BCUT2D eigenvalue weighted by atomic mass is 19.1. The van der Waals surface area contributed by atoms with E-state index in [1.165, 1.54) is 37.9 Å². The van der Waals surface area contributed by atoms with Gasteiger partial charge in [-0.05, 0) is 31.4 Å². The second kappa shape index (κ2) is 4.27. The molecule has 82 valence electrons. The zero-order valence-corrected chi connectivity index (χ0v) is 9.09. The average molecular weight is 208 g/mol. The molecule has 1 aromatic heterocycles. The van der Waals surface area contributed by atoms with Crippen molar-refractivity contribution in [2.24, 2.45) is 0 Å². The van der Waals surface area contributed by atoms with Crippen molar-refractivity contribution in [2.75, 3.05) is 0 Å². The number of hydrogen-bond acceptors (Lipinski definition) is 2. The van der Waals surface area contributed by atoms with Gasteiger partial charge in [-0.15, -0.1) is 0 Å². The molecule has 1 heterocycles. The molecule has 0 spiro atoms. The number of rotatable bonds is 3. The van der Waals surface area contributed by atoms with Crippen LogP contribution in [0, 0.1) is 5.82 Å². The molecule has 0 amide bonds. The summed E-state index contributed by atoms with van der Waals surface area (Å²) in [6.07, 6.45) is 7.98. The molecule has 1 saturated carbocycles. The van der Waals surface area contributed by atoms with Crippen molar-refractivity contribution in [2.45, 2.75) is 44.7 Å². The third kappa shape index (κ3) is 2.75. The van der Waals surface area contributed by atoms with E-state index in [0.717, 1.165) is 5.56 Å². The lowest BCUT2D eigenvalue weighted by molar-refractivity contribution is 0.362. The van der Waals surface area contributed by atoms with Gasteiger partial charge in [-0.25, -0.2) is 4.39 Å². The van der Waals surface area contributed by atoms with Crippen molar-refractivity contribution in [3.63, 3.8) is 0 Å². The number of pyridine rings is 1. The summed E-state index contributed by atoms with van der Waals surface area (Å²) in [6.45, 7) is 2.95. The lowest BCUT2D eigenvalue weighted by Crippen LogP contribution is -2.38. The van der Waals surface area contributed by atoms with Crippen LogP contribution in [0.25, 0.3) is 0 Å². The van der Waals surface area contributed by atoms with Crippen molar-refractivity contribution < 1.29 is 4.39 Å². The minimum Gasteiger partial charge on any atom is -0.307 e. The van der Waals surface area contributed by atoms with Crippen LogP contribution in [-0.2, 0) is 6.54 Å². The molecule has 0 saturated heterocycles. The van der Waals surface area contributed by atoms with E-state index < -0.39 is 0 Å². The number of nitrogens with zero attached hydrogens (tertiary/aromatic N) is 1. The van der Waals surface area contributed by atoms with Crippen LogP contribution in [0.1, 0.15) is 38.2 Å². The Morgan fingerprint density at radius 2 is 2.13 bits per heavy atom. The van der Waals surface area contributed by atoms with Crippen LogP contribution in [0.3, 0.4) is 0 Å². The quantitative estimate of drug-likeness (QED) is 0.826. The summed E-state index contributed by atoms with van der Waals surface area (Å²) in [5.74, 6) is -0.258. The highest BCUT2D eigenvalue weighted by Gasteiger charge is 2.27. The maximum atomic E-state index is 12.9. The summed E-state index contributed by atoms with van der Waals surface area (Å²) in [6, 6.07) is 1.54. The molecule has 0 aliphatic heterocycles. The van der Waals surface area contributed by atoms with Gasteiger partial charge in [0.25, 0.3) is 0 Å². The van der Waals surface area contributed by atoms with Crippen LogP contribution in [0.2, 0.25) is 0 Å². The van der Waals surface area contributed by atoms with Gasteiger partial charge in [0.05, 0.1) is 6.20 Å². The van der Waals surface area contributed by atoms with Gasteiger partial charge >= 0.3 is 0 Å². The van der Waals surface area contributed by atoms with Crippen LogP contribution in [0.4, 0.5) is 4.39 Å². The molecule has 1 N–H and O–H groups in total. The predicted octanol–water partition coefficient (Wildman–Crippen LogP) is 2.64. The number of aromatic nitrogens is 1. The molecule has 0 radical (unpaired) electrons. The predicted molar refractivity (Wildman–Crippen MR) is 57.9 cm³/mol. The fourth-order valence-corrected chi connectivity index (χ4v) is 2.20. The number of halogens is 1. The van der Waals surface area contributed by atoms with Crippen molar-refractivity contribution in [3.8, 4) is 0 Å². The fraction of sp³-hybridized carbons (Fsp3) is 0.583. The van der Waals surface area contributed by atoms with E-state index >= 15 is 0 Å². The highest BCUT2D eigenvalue weighted by Crippen LogP contribution is 2.29. The van der Waals surface area contributed by atoms with Gasteiger partial charge in [0.15, 0.2) is 0 Å². The standard InChI is InChI=1S/C12H17FN2/c1-12(4-2-3-5-12)15-8-10-6-11(13)9-14-7-10/h6-7,9,15H,2-5,8H2,1H3. The maximum absolute atomic E-state index is 12.9. The number of hydrogen-bond donors (Lipinski definition) is 1. The zero-order chi connectivity index (χ0) is 10.7. The first-order valence-electron chi connectivity index (χ1n) is 5.52. The SMILES string of the molecule is CC1(NCc2cncc(F)c2)CCCC1. The molecule has 1 fully saturated rings. The van der Waals surface area contributed by atoms with Crippen molar-refractivity contribution in [3.05, 3.63) is 29.8 Å². The molecule has 0 bridgehead atoms. The Kier molecular flexibility index (Phi) is 3.00. The van der Waals surface area contributed by atoms with Gasteiger partial charge in [-0.1, -0.05) is 12.8 Å². The van der Waals surface area contributed by atoms with E-state index in [9.17, 15) is 4.39 Å². The summed E-state index contributed by atoms with van der Waals surface area (Å²) in [7, 11) is 0. The van der Waals surface area contributed by atoms with Crippen LogP contribution in [0.15, 0.2) is 18.5 Å². The van der Waals surface area contributed by atoms with Crippen LogP contribution < -0.4 is 5.32 Å². The first-order chi connectivity index (χ1) is 7.18. The molecule has 2 nitrogen and oxygen atoms in total. The zero-order valence-electron chi connectivity index (χ0n) is 9.09. The van der Waals surface area contributed by atoms with Crippen LogP contribution >= 0.6 is 0 Å². The molecule has 1 aromatic rings. The molecule has 0 unspecified atom stereocenters. The lowest BCUT2D eigenvalue weighted by Gasteiger charge is -2.25. The van der Waals surface area contributed by atoms with E-state index in [4.69, 9.17) is 0 Å². The third-order valence-corrected chi connectivity index (χ3v) is 3.19. The second-order valence-corrected chi connectivity index (χ2v) is 4.63. The number of nitrogens with one attached hydrogen (secondary N) is 1. The largest absolute Gasteiger partial charge is 0.307 e. The molecular weight excluding hydrogens is 191 g/mol. The first kappa shape index (κ1) is 10.6. The van der Waals surface area contributed by atoms with E-state index in [0.29, 0.717) is 6.54 Å². The van der Waals surface area contributed by atoms with E-state index in [2.05, 4.69) is 17.2 Å². The Balaban J connectivity index is 1.92. The fourth-order valence-electron chi connectivity index (χ4n) is 2.20. The van der Waals surface area contributed by atoms with Gasteiger partial charge in [0, 0.05) is 18.3 Å². The monoisotopic (exact) mass is 208 g/mol. The molecule has 0 aromatic carbocycles. The summed E-state index contributed by atoms with van der Waals surface area (Å²) in [5.41, 5.74) is 1.16. The highest BCUT2D eigenvalue weighted by molar-refractivity contribution is 5.10. The second-order valence-electron chi connectivity index (χ2n) is 4.63. The Morgan fingerprint density at radius 1 is 1.40 bits per heavy atom. The average Bonchev–Trinajstić information content (AvgIpc) is 2.63. The van der Waals surface area contributed by atoms with Crippen molar-refractivity contribution in [1.82, 2.24) is 10.3 Å². The summed E-state index contributed by atoms with van der Waals surface area (Å²) < 4.78 is 12.9. The lowest BCUT2D eigenvalue weighted by atomic mass is 10.0. The molecule has 1 aliphatic carbocycles. The molecule has 1 aliphatic rings. The molecule has 15 heavy (non-hydrogen) atoms. The molecule has 0 atom stereocenters. The Hall–Kier alpha value is -0.960. The first-order valence-corrected chi connectivity index (χ1v) is 5.52. The Bertz CT molecular complexity index is 332. The molecule has 2 rings (SSSR count). The molecule has 3 heteroatoms. The minimum absolute atomic E-state index is 0.242. The van der Waals surface area contributed by atoms with E-state index in [1.807, 2.05) is 0 Å². The van der Waals surface area contributed by atoms with Gasteiger partial charge in [-0.3, -0.25) is 4.98 Å². The normalized spacial score (nSPS) is 19.3. The minimum atomic E-state index is -0.258. The third-order valence-electron chi connectivity index (χ3n) is 3.19. The summed E-state index contributed by atoms with van der Waals surface area (Å²) >= 11 is 0. The van der Waals surface area contributed by atoms with Crippen LogP contribution in [-0.4, -0.2) is 10.5 Å². The van der Waals surface area contributed by atoms with Crippen molar-refractivity contribution in [1.29, 1.82) is 0 Å². The summed E-state index contributed by atoms with van der Waals surface area (Å²) in [5, 5.41) is 3.49. The van der Waals surface area contributed by atoms with Gasteiger partial charge in [0.2, 0.25) is 0 Å². The van der Waals surface area contributed by atoms with Gasteiger partial charge in [-0.2, -0.15) is 0 Å². The van der Waals surface area contributed by atoms with E-state index in [-0.39, 0.29) is 11.4 Å². The smallest absolute Gasteiger partial charge is 0.141 e. The topological polar surface area (TPSA) is 24.9 Å². The summed E-state index contributed by atoms with van der Waals surface area (Å²) in [4.78, 5) is 3.84. The van der Waals surface area contributed by atoms with E-state index in [1.54, 1.807) is 6.20 Å². The van der Waals surface area contributed by atoms with Crippen LogP contribution in [0.5, 0.6) is 0 Å². The van der Waals surface area contributed by atoms with Crippen molar-refractivity contribution >= 4 is 0 Å². The maximum Gasteiger partial charge on any atom is 0.141 e. The van der Waals surface area contributed by atoms with Gasteiger partial charge < -0.3 is 5.32 Å². The van der Waals surface area contributed by atoms with Gasteiger partial charge in [0.1, 0.15) is 5.82 Å². The Morgan fingerprint density at radius 3 is 2.80 bits per heavy atom.